The standard InChI is InChI=1S/3C9H5F3N4O2.Ir/c3*10-9(11,12)8(7(17)18)14-6(15-16-8)5-3-1-2-4-13-5;/h3*1-4H,(H,17,18);/q;;;+3/p-3. The number of carbonyl (C=O) groups is 3. The van der Waals surface area contributed by atoms with E-state index in [-0.39, 0.29) is 37.2 Å². The Morgan fingerprint density at radius 2 is 0.691 bits per heavy atom. The van der Waals surface area contributed by atoms with Crippen LogP contribution in [-0.4, -0.2) is 85.9 Å². The third-order valence-electron chi connectivity index (χ3n) is 6.39. The van der Waals surface area contributed by atoms with Gasteiger partial charge in [-0.25, -0.2) is 15.0 Å². The molecule has 0 fully saturated rings. The van der Waals surface area contributed by atoms with Crippen molar-refractivity contribution in [1.29, 1.82) is 0 Å². The second kappa shape index (κ2) is 16.0. The van der Waals surface area contributed by atoms with Crippen LogP contribution < -0.4 is 15.3 Å². The first-order chi connectivity index (χ1) is 25.1. The largest absolute Gasteiger partial charge is 3.00 e. The Labute approximate surface area is 310 Å². The molecule has 0 aromatic carbocycles. The Hall–Kier alpha value is -6.31. The Kier molecular flexibility index (Phi) is 12.5. The van der Waals surface area contributed by atoms with E-state index in [2.05, 4.69) is 60.6 Å². The monoisotopic (exact) mass is 964 g/mol. The summed E-state index contributed by atoms with van der Waals surface area (Å²) in [6.07, 6.45) is -11.8. The second-order valence-corrected chi connectivity index (χ2v) is 9.92. The van der Waals surface area contributed by atoms with Crippen molar-refractivity contribution < 1.29 is 89.3 Å². The zero-order valence-corrected chi connectivity index (χ0v) is 28.4. The summed E-state index contributed by atoms with van der Waals surface area (Å²) >= 11 is 0. The van der Waals surface area contributed by atoms with Crippen molar-refractivity contribution in [2.45, 2.75) is 35.5 Å². The van der Waals surface area contributed by atoms with E-state index in [4.69, 9.17) is 0 Å². The average Bonchev–Trinajstić information content (AvgIpc) is 3.89. The molecule has 288 valence electrons. The zero-order valence-electron chi connectivity index (χ0n) is 26.0. The van der Waals surface area contributed by atoms with Crippen LogP contribution in [0.25, 0.3) is 0 Å². The minimum absolute atomic E-state index is 0. The number of azo groups is 3. The minimum atomic E-state index is -5.23. The van der Waals surface area contributed by atoms with Crippen molar-refractivity contribution in [2.75, 3.05) is 0 Å². The van der Waals surface area contributed by atoms with Gasteiger partial charge in [-0.3, -0.25) is 15.0 Å². The molecular formula is C27H12F9IrN12O6. The molecule has 6 heterocycles. The number of aliphatic imine (C=N–C) groups is 3. The van der Waals surface area contributed by atoms with Crippen LogP contribution in [0, 0.1) is 0 Å². The molecule has 0 spiro atoms. The summed E-state index contributed by atoms with van der Waals surface area (Å²) in [5.41, 5.74) is -11.1. The molecule has 3 aromatic heterocycles. The summed E-state index contributed by atoms with van der Waals surface area (Å²) in [5, 5.41) is 49.3. The molecule has 18 nitrogen and oxygen atoms in total. The number of carboxylic acids is 3. The van der Waals surface area contributed by atoms with Crippen LogP contribution in [-0.2, 0) is 34.5 Å². The molecular weight excluding hydrogens is 952 g/mol. The number of halogens is 9. The third-order valence-corrected chi connectivity index (χ3v) is 6.39. The van der Waals surface area contributed by atoms with Crippen molar-refractivity contribution in [3.8, 4) is 0 Å². The number of alkyl halides is 9. The van der Waals surface area contributed by atoms with Gasteiger partial charge in [0, 0.05) is 18.6 Å². The average molecular weight is 964 g/mol. The van der Waals surface area contributed by atoms with E-state index in [0.29, 0.717) is 0 Å². The maximum Gasteiger partial charge on any atom is 3.00 e. The minimum Gasteiger partial charge on any atom is -0.545 e. The van der Waals surface area contributed by atoms with E-state index >= 15 is 0 Å². The molecule has 0 amide bonds. The van der Waals surface area contributed by atoms with Crippen LogP contribution >= 0.6 is 0 Å². The maximum absolute atomic E-state index is 12.7. The third kappa shape index (κ3) is 8.58. The number of carbonyl (C=O) groups excluding carboxylic acids is 3. The molecule has 6 rings (SSSR count). The number of carboxylic acid groups (broad SMARTS) is 3. The van der Waals surface area contributed by atoms with E-state index in [9.17, 15) is 69.2 Å². The normalized spacial score (nSPS) is 22.5. The Balaban J connectivity index is 0.000000220. The number of pyridine rings is 3. The number of nitrogens with zero attached hydrogens (tertiary/aromatic N) is 12. The van der Waals surface area contributed by atoms with Gasteiger partial charge in [0.25, 0.3) is 0 Å². The molecule has 0 bridgehead atoms. The van der Waals surface area contributed by atoms with Gasteiger partial charge in [0.1, 0.15) is 35.0 Å². The topological polar surface area (TPSA) is 270 Å². The molecule has 55 heavy (non-hydrogen) atoms. The fourth-order valence-corrected chi connectivity index (χ4v) is 3.73. The Morgan fingerprint density at radius 3 is 0.836 bits per heavy atom. The van der Waals surface area contributed by atoms with Crippen LogP contribution in [0.1, 0.15) is 17.1 Å². The van der Waals surface area contributed by atoms with Gasteiger partial charge in [-0.15, -0.1) is 30.7 Å². The summed E-state index contributed by atoms with van der Waals surface area (Å²) in [4.78, 5) is 52.0. The van der Waals surface area contributed by atoms with E-state index in [0.717, 1.165) is 0 Å². The Bertz CT molecular complexity index is 1870. The quantitative estimate of drug-likeness (QED) is 0.317. The molecule has 0 aliphatic carbocycles. The Morgan fingerprint density at radius 1 is 0.455 bits per heavy atom. The predicted molar refractivity (Wildman–Crippen MR) is 148 cm³/mol. The second-order valence-electron chi connectivity index (χ2n) is 9.92. The van der Waals surface area contributed by atoms with E-state index < -0.39 is 70.9 Å². The summed E-state index contributed by atoms with van der Waals surface area (Å²) < 4.78 is 114. The zero-order chi connectivity index (χ0) is 40.2. The fraction of sp³-hybridized carbons (Fsp3) is 0.222. The van der Waals surface area contributed by atoms with Gasteiger partial charge in [-0.05, 0) is 36.4 Å². The maximum atomic E-state index is 12.7. The summed E-state index contributed by atoms with van der Waals surface area (Å²) in [7, 11) is 0. The van der Waals surface area contributed by atoms with Crippen LogP contribution in [0.2, 0.25) is 0 Å². The van der Waals surface area contributed by atoms with Gasteiger partial charge in [0.2, 0.25) is 0 Å². The molecule has 0 saturated heterocycles. The van der Waals surface area contributed by atoms with Gasteiger partial charge in [-0.2, -0.15) is 39.5 Å². The van der Waals surface area contributed by atoms with Crippen molar-refractivity contribution in [3.63, 3.8) is 0 Å². The molecule has 3 aliphatic heterocycles. The molecule has 3 aliphatic rings. The van der Waals surface area contributed by atoms with Crippen LogP contribution in [0.3, 0.4) is 0 Å². The summed E-state index contributed by atoms with van der Waals surface area (Å²) in [6.45, 7) is 0. The molecule has 3 aromatic rings. The fourth-order valence-electron chi connectivity index (χ4n) is 3.73. The molecule has 0 saturated carbocycles. The van der Waals surface area contributed by atoms with Gasteiger partial charge < -0.3 is 29.7 Å². The number of aromatic nitrogens is 3. The van der Waals surface area contributed by atoms with Crippen LogP contribution in [0.5, 0.6) is 0 Å². The predicted octanol–water partition coefficient (Wildman–Crippen LogP) is 0.905. The number of hydrogen-bond acceptors (Lipinski definition) is 18. The number of amidine groups is 3. The first-order valence-corrected chi connectivity index (χ1v) is 13.8. The van der Waals surface area contributed by atoms with Gasteiger partial charge in [0.15, 0.2) is 17.5 Å². The molecule has 0 radical (unpaired) electrons. The van der Waals surface area contributed by atoms with E-state index in [1.54, 1.807) is 0 Å². The van der Waals surface area contributed by atoms with Gasteiger partial charge >= 0.3 is 55.6 Å². The van der Waals surface area contributed by atoms with Crippen molar-refractivity contribution in [1.82, 2.24) is 15.0 Å². The van der Waals surface area contributed by atoms with Gasteiger partial charge in [-0.1, -0.05) is 18.2 Å². The molecule has 28 heteroatoms. The molecule has 3 atom stereocenters. The summed E-state index contributed by atoms with van der Waals surface area (Å²) in [6, 6.07) is 13.1. The first-order valence-electron chi connectivity index (χ1n) is 13.8. The van der Waals surface area contributed by atoms with E-state index in [1.807, 2.05) is 0 Å². The number of rotatable bonds is 6. The summed E-state index contributed by atoms with van der Waals surface area (Å²) in [5.74, 6) is -8.95. The van der Waals surface area contributed by atoms with Crippen molar-refractivity contribution in [2.24, 2.45) is 45.7 Å². The van der Waals surface area contributed by atoms with Gasteiger partial charge in [0.05, 0.1) is 0 Å². The smallest absolute Gasteiger partial charge is 0.545 e. The van der Waals surface area contributed by atoms with Crippen molar-refractivity contribution in [3.05, 3.63) is 90.3 Å². The number of aliphatic carboxylic acids is 3. The van der Waals surface area contributed by atoms with E-state index in [1.165, 1.54) is 73.2 Å². The molecule has 3 unspecified atom stereocenters. The van der Waals surface area contributed by atoms with Crippen LogP contribution in [0.4, 0.5) is 39.5 Å². The number of hydrogen-bond donors (Lipinski definition) is 0. The SMILES string of the molecule is O=C([O-])C1(C(F)(F)F)N=NC(c2ccccn2)=N1.O=C([O-])C1(C(F)(F)F)N=NC(c2ccccn2)=N1.O=C([O-])C1(C(F)(F)F)N=NC(c2ccccn2)=N1.[Ir+3]. The molecule has 0 N–H and O–H groups in total. The van der Waals surface area contributed by atoms with Crippen LogP contribution in [0.15, 0.2) is 119 Å². The first kappa shape index (κ1) is 43.1. The van der Waals surface area contributed by atoms with Crippen molar-refractivity contribution >= 4 is 35.4 Å².